The molecule has 0 radical (unpaired) electrons. The third-order valence-electron chi connectivity index (χ3n) is 1.38. The molecule has 3 nitrogen and oxygen atoms in total. The molecular weight excluding hydrogens is 142 g/mol. The largest absolute Gasteiger partial charge is 0.394 e. The van der Waals surface area contributed by atoms with Crippen molar-refractivity contribution in [3.63, 3.8) is 0 Å². The summed E-state index contributed by atoms with van der Waals surface area (Å²) in [6, 6.07) is -0.112. The van der Waals surface area contributed by atoms with Crippen molar-refractivity contribution in [3.8, 4) is 0 Å². The van der Waals surface area contributed by atoms with E-state index < -0.39 is 0 Å². The molecule has 0 aliphatic heterocycles. The van der Waals surface area contributed by atoms with Crippen LogP contribution in [0.15, 0.2) is 12.2 Å². The van der Waals surface area contributed by atoms with Crippen LogP contribution in [0.1, 0.15) is 20.3 Å². The Kier molecular flexibility index (Phi) is 5.47. The van der Waals surface area contributed by atoms with Crippen molar-refractivity contribution in [1.82, 2.24) is 5.32 Å². The van der Waals surface area contributed by atoms with Crippen molar-refractivity contribution >= 4 is 5.91 Å². The van der Waals surface area contributed by atoms with E-state index in [-0.39, 0.29) is 18.6 Å². The Bertz CT molecular complexity index is 139. The van der Waals surface area contributed by atoms with Gasteiger partial charge in [-0.3, -0.25) is 4.79 Å². The molecule has 64 valence electrons. The van der Waals surface area contributed by atoms with Gasteiger partial charge < -0.3 is 10.4 Å². The van der Waals surface area contributed by atoms with Crippen molar-refractivity contribution < 1.29 is 9.90 Å². The van der Waals surface area contributed by atoms with Gasteiger partial charge in [-0.1, -0.05) is 13.0 Å². The number of aliphatic hydroxyl groups is 1. The van der Waals surface area contributed by atoms with E-state index in [0.717, 1.165) is 6.42 Å². The topological polar surface area (TPSA) is 49.3 Å². The van der Waals surface area contributed by atoms with E-state index >= 15 is 0 Å². The number of nitrogens with one attached hydrogen (secondary N) is 1. The highest BCUT2D eigenvalue weighted by Gasteiger charge is 2.04. The summed E-state index contributed by atoms with van der Waals surface area (Å²) in [5.74, 6) is -0.145. The van der Waals surface area contributed by atoms with E-state index in [4.69, 9.17) is 5.11 Å². The lowest BCUT2D eigenvalue weighted by atomic mass is 10.2. The van der Waals surface area contributed by atoms with E-state index in [1.807, 2.05) is 6.92 Å². The number of allylic oxidation sites excluding steroid dienone is 1. The maximum atomic E-state index is 10.9. The van der Waals surface area contributed by atoms with Crippen LogP contribution in [0.3, 0.4) is 0 Å². The Morgan fingerprint density at radius 1 is 1.73 bits per heavy atom. The quantitative estimate of drug-likeness (QED) is 0.582. The molecule has 1 atom stereocenters. The van der Waals surface area contributed by atoms with Crippen molar-refractivity contribution in [2.45, 2.75) is 26.3 Å². The van der Waals surface area contributed by atoms with Gasteiger partial charge in [0.1, 0.15) is 0 Å². The van der Waals surface area contributed by atoms with E-state index in [0.29, 0.717) is 0 Å². The predicted octanol–water partition coefficient (Wildman–Crippen LogP) is 0.450. The molecule has 0 bridgehead atoms. The Morgan fingerprint density at radius 3 is 2.73 bits per heavy atom. The zero-order valence-corrected chi connectivity index (χ0v) is 7.00. The first-order valence-electron chi connectivity index (χ1n) is 3.78. The summed E-state index contributed by atoms with van der Waals surface area (Å²) in [6.07, 6.45) is 3.86. The van der Waals surface area contributed by atoms with E-state index in [2.05, 4.69) is 5.32 Å². The monoisotopic (exact) mass is 157 g/mol. The third kappa shape index (κ3) is 4.56. The average Bonchev–Trinajstić information content (AvgIpc) is 2.01. The third-order valence-corrected chi connectivity index (χ3v) is 1.38. The van der Waals surface area contributed by atoms with Gasteiger partial charge in [0.2, 0.25) is 5.91 Å². The van der Waals surface area contributed by atoms with Gasteiger partial charge in [-0.25, -0.2) is 0 Å². The minimum absolute atomic E-state index is 0.000204. The lowest BCUT2D eigenvalue weighted by molar-refractivity contribution is -0.117. The lowest BCUT2D eigenvalue weighted by Gasteiger charge is -2.11. The first-order valence-corrected chi connectivity index (χ1v) is 3.78. The molecule has 0 aromatic rings. The molecular formula is C8H15NO2. The number of amides is 1. The zero-order valence-electron chi connectivity index (χ0n) is 7.00. The van der Waals surface area contributed by atoms with Crippen LogP contribution in [-0.2, 0) is 4.79 Å². The fraction of sp³-hybridized carbons (Fsp3) is 0.625. The molecule has 0 rings (SSSR count). The number of aliphatic hydroxyl groups excluding tert-OH is 1. The summed E-state index contributed by atoms with van der Waals surface area (Å²) in [7, 11) is 0. The highest BCUT2D eigenvalue weighted by Crippen LogP contribution is 1.88. The first-order chi connectivity index (χ1) is 5.24. The minimum atomic E-state index is -0.145. The van der Waals surface area contributed by atoms with Crippen LogP contribution in [0.25, 0.3) is 0 Å². The summed E-state index contributed by atoms with van der Waals surface area (Å²) in [6.45, 7) is 3.69. The molecule has 11 heavy (non-hydrogen) atoms. The Balaban J connectivity index is 3.71. The fourth-order valence-corrected chi connectivity index (χ4v) is 0.677. The van der Waals surface area contributed by atoms with Crippen LogP contribution >= 0.6 is 0 Å². The highest BCUT2D eigenvalue weighted by molar-refractivity contribution is 5.87. The SMILES string of the molecule is C/C=C/C(=O)N[C@@H](CC)CO. The Hall–Kier alpha value is -0.830. The molecule has 0 heterocycles. The molecule has 0 unspecified atom stereocenters. The smallest absolute Gasteiger partial charge is 0.243 e. The van der Waals surface area contributed by atoms with Crippen molar-refractivity contribution in [2.24, 2.45) is 0 Å². The molecule has 0 aliphatic rings. The van der Waals surface area contributed by atoms with Crippen LogP contribution < -0.4 is 5.32 Å². The molecule has 0 aromatic heterocycles. The van der Waals surface area contributed by atoms with Gasteiger partial charge in [0.25, 0.3) is 0 Å². The Morgan fingerprint density at radius 2 is 2.36 bits per heavy atom. The zero-order chi connectivity index (χ0) is 8.69. The van der Waals surface area contributed by atoms with Crippen LogP contribution in [0.2, 0.25) is 0 Å². The van der Waals surface area contributed by atoms with Crippen molar-refractivity contribution in [1.29, 1.82) is 0 Å². The van der Waals surface area contributed by atoms with Crippen LogP contribution in [0.5, 0.6) is 0 Å². The van der Waals surface area contributed by atoms with Gasteiger partial charge in [-0.2, -0.15) is 0 Å². The summed E-state index contributed by atoms with van der Waals surface area (Å²) in [5, 5.41) is 11.3. The van der Waals surface area contributed by atoms with Gasteiger partial charge in [0.15, 0.2) is 0 Å². The predicted molar refractivity (Wildman–Crippen MR) is 44.1 cm³/mol. The minimum Gasteiger partial charge on any atom is -0.394 e. The second kappa shape index (κ2) is 5.92. The molecule has 0 fully saturated rings. The van der Waals surface area contributed by atoms with Crippen LogP contribution in [-0.4, -0.2) is 23.7 Å². The standard InChI is InChI=1S/C8H15NO2/c1-3-5-8(11)9-7(4-2)6-10/h3,5,7,10H,4,6H2,1-2H3,(H,9,11)/b5-3+/t7-/m0/s1. The van der Waals surface area contributed by atoms with Crippen LogP contribution in [0, 0.1) is 0 Å². The van der Waals surface area contributed by atoms with Gasteiger partial charge in [0, 0.05) is 0 Å². The molecule has 2 N–H and O–H groups in total. The number of rotatable bonds is 4. The summed E-state index contributed by atoms with van der Waals surface area (Å²) in [5.41, 5.74) is 0. The molecule has 0 aliphatic carbocycles. The molecule has 1 amide bonds. The highest BCUT2D eigenvalue weighted by atomic mass is 16.3. The van der Waals surface area contributed by atoms with Gasteiger partial charge in [0.05, 0.1) is 12.6 Å². The van der Waals surface area contributed by atoms with E-state index in [9.17, 15) is 4.79 Å². The number of carbonyl (C=O) groups is 1. The van der Waals surface area contributed by atoms with Gasteiger partial charge in [-0.05, 0) is 19.4 Å². The molecule has 0 aromatic carbocycles. The molecule has 0 spiro atoms. The Labute approximate surface area is 67.1 Å². The maximum Gasteiger partial charge on any atom is 0.243 e. The maximum absolute atomic E-state index is 10.9. The fourth-order valence-electron chi connectivity index (χ4n) is 0.677. The summed E-state index contributed by atoms with van der Waals surface area (Å²) >= 11 is 0. The second-order valence-corrected chi connectivity index (χ2v) is 2.30. The van der Waals surface area contributed by atoms with E-state index in [1.54, 1.807) is 13.0 Å². The molecule has 3 heteroatoms. The molecule has 0 saturated heterocycles. The number of carbonyl (C=O) groups excluding carboxylic acids is 1. The average molecular weight is 157 g/mol. The van der Waals surface area contributed by atoms with Crippen molar-refractivity contribution in [2.75, 3.05) is 6.61 Å². The van der Waals surface area contributed by atoms with Gasteiger partial charge in [-0.15, -0.1) is 0 Å². The molecule has 0 saturated carbocycles. The summed E-state index contributed by atoms with van der Waals surface area (Å²) < 4.78 is 0. The lowest BCUT2D eigenvalue weighted by Crippen LogP contribution is -2.35. The second-order valence-electron chi connectivity index (χ2n) is 2.30. The first kappa shape index (κ1) is 10.2. The summed E-state index contributed by atoms with van der Waals surface area (Å²) in [4.78, 5) is 10.9. The number of hydrogen-bond acceptors (Lipinski definition) is 2. The normalized spacial score (nSPS) is 13.4. The van der Waals surface area contributed by atoms with E-state index in [1.165, 1.54) is 6.08 Å². The number of hydrogen-bond donors (Lipinski definition) is 2. The van der Waals surface area contributed by atoms with Crippen LogP contribution in [0.4, 0.5) is 0 Å². The van der Waals surface area contributed by atoms with Gasteiger partial charge >= 0.3 is 0 Å². The van der Waals surface area contributed by atoms with Crippen molar-refractivity contribution in [3.05, 3.63) is 12.2 Å².